The number of alkyl halides is 3. The number of benzene rings is 2. The third kappa shape index (κ3) is 6.80. The van der Waals surface area contributed by atoms with Gasteiger partial charge in [0.2, 0.25) is 0 Å². The second-order valence-corrected chi connectivity index (χ2v) is 6.85. The van der Waals surface area contributed by atoms with Crippen LogP contribution in [0.4, 0.5) is 18.9 Å². The molecule has 0 saturated carbocycles. The van der Waals surface area contributed by atoms with Crippen molar-refractivity contribution in [2.24, 2.45) is 5.10 Å². The summed E-state index contributed by atoms with van der Waals surface area (Å²) < 4.78 is 49.8. The van der Waals surface area contributed by atoms with Gasteiger partial charge in [-0.15, -0.1) is 0 Å². The highest BCUT2D eigenvalue weighted by Crippen LogP contribution is 2.33. The largest absolute Gasteiger partial charge is 0.492 e. The predicted octanol–water partition coefficient (Wildman–Crippen LogP) is 4.28. The Balaban J connectivity index is 1.95. The first-order valence-electron chi connectivity index (χ1n) is 8.48. The maximum Gasteiger partial charge on any atom is 0.416 e. The first kappa shape index (κ1) is 22.8. The van der Waals surface area contributed by atoms with E-state index in [1.54, 1.807) is 19.2 Å². The zero-order valence-corrected chi connectivity index (χ0v) is 17.8. The maximum atomic E-state index is 12.7. The Morgan fingerprint density at radius 2 is 2.03 bits per heavy atom. The molecule has 0 fully saturated rings. The third-order valence-electron chi connectivity index (χ3n) is 3.58. The summed E-state index contributed by atoms with van der Waals surface area (Å²) in [7, 11) is 1.55. The molecule has 0 aliphatic carbocycles. The smallest absolute Gasteiger partial charge is 0.416 e. The number of methoxy groups -OCH3 is 1. The van der Waals surface area contributed by atoms with Crippen molar-refractivity contribution in [1.82, 2.24) is 5.43 Å². The van der Waals surface area contributed by atoms with Crippen LogP contribution in [0.15, 0.2) is 41.5 Å². The number of nitrogens with one attached hydrogen (secondary N) is 2. The van der Waals surface area contributed by atoms with Gasteiger partial charge in [0.1, 0.15) is 0 Å². The van der Waals surface area contributed by atoms with Gasteiger partial charge < -0.3 is 14.8 Å². The molecule has 0 bridgehead atoms. The molecule has 0 aliphatic rings. The molecule has 0 spiro atoms. The van der Waals surface area contributed by atoms with Gasteiger partial charge in [0.05, 0.1) is 35.6 Å². The summed E-state index contributed by atoms with van der Waals surface area (Å²) in [5.41, 5.74) is 2.40. The molecule has 2 aromatic carbocycles. The summed E-state index contributed by atoms with van der Waals surface area (Å²) >= 11 is 2.10. The number of hydrogen-bond acceptors (Lipinski definition) is 5. The minimum absolute atomic E-state index is 0.185. The van der Waals surface area contributed by atoms with Crippen LogP contribution in [0.5, 0.6) is 11.5 Å². The summed E-state index contributed by atoms with van der Waals surface area (Å²) in [4.78, 5) is 11.9. The SMILES string of the molecule is CCOc1cc(/C=N\NC(=O)CNc2cccc(C(F)(F)F)c2)cc(I)c1OC. The van der Waals surface area contributed by atoms with Crippen LogP contribution in [0.3, 0.4) is 0 Å². The van der Waals surface area contributed by atoms with E-state index in [4.69, 9.17) is 9.47 Å². The number of hydrogen-bond donors (Lipinski definition) is 2. The Kier molecular flexibility index (Phi) is 8.11. The molecule has 0 aliphatic heterocycles. The Bertz CT molecular complexity index is 889. The fourth-order valence-electron chi connectivity index (χ4n) is 2.33. The molecule has 2 rings (SSSR count). The monoisotopic (exact) mass is 521 g/mol. The Hall–Kier alpha value is -2.50. The lowest BCUT2D eigenvalue weighted by atomic mass is 10.2. The molecule has 2 N–H and O–H groups in total. The van der Waals surface area contributed by atoms with Crippen molar-refractivity contribution in [3.05, 3.63) is 51.1 Å². The van der Waals surface area contributed by atoms with E-state index >= 15 is 0 Å². The van der Waals surface area contributed by atoms with Crippen LogP contribution < -0.4 is 20.2 Å². The highest BCUT2D eigenvalue weighted by molar-refractivity contribution is 14.1. The average molecular weight is 521 g/mol. The van der Waals surface area contributed by atoms with E-state index in [9.17, 15) is 18.0 Å². The van der Waals surface area contributed by atoms with Crippen LogP contribution in [-0.2, 0) is 11.0 Å². The number of rotatable bonds is 8. The van der Waals surface area contributed by atoms with Crippen molar-refractivity contribution in [2.75, 3.05) is 25.6 Å². The van der Waals surface area contributed by atoms with Crippen LogP contribution in [-0.4, -0.2) is 32.4 Å². The number of carbonyl (C=O) groups is 1. The molecule has 29 heavy (non-hydrogen) atoms. The molecular formula is C19H19F3IN3O3. The number of hydrazone groups is 1. The lowest BCUT2D eigenvalue weighted by Crippen LogP contribution is -2.26. The minimum Gasteiger partial charge on any atom is -0.492 e. The Morgan fingerprint density at radius 3 is 2.69 bits per heavy atom. The molecule has 0 unspecified atom stereocenters. The molecule has 0 atom stereocenters. The highest BCUT2D eigenvalue weighted by Gasteiger charge is 2.30. The van der Waals surface area contributed by atoms with Gasteiger partial charge in [0.25, 0.3) is 5.91 Å². The number of nitrogens with zero attached hydrogens (tertiary/aromatic N) is 1. The summed E-state index contributed by atoms with van der Waals surface area (Å²) in [5.74, 6) is 0.659. The summed E-state index contributed by atoms with van der Waals surface area (Å²) in [5, 5.41) is 6.50. The summed E-state index contributed by atoms with van der Waals surface area (Å²) in [6.07, 6.45) is -3.01. The molecule has 156 valence electrons. The van der Waals surface area contributed by atoms with Gasteiger partial charge in [-0.1, -0.05) is 6.07 Å². The summed E-state index contributed by atoms with van der Waals surface area (Å²) in [6, 6.07) is 8.13. The van der Waals surface area contributed by atoms with E-state index in [0.717, 1.165) is 15.7 Å². The van der Waals surface area contributed by atoms with E-state index in [1.165, 1.54) is 18.3 Å². The fraction of sp³-hybridized carbons (Fsp3) is 0.263. The van der Waals surface area contributed by atoms with Crippen molar-refractivity contribution >= 4 is 40.4 Å². The minimum atomic E-state index is -4.44. The Labute approximate surface area is 179 Å². The van der Waals surface area contributed by atoms with Crippen LogP contribution >= 0.6 is 22.6 Å². The number of ether oxygens (including phenoxy) is 2. The van der Waals surface area contributed by atoms with E-state index in [-0.39, 0.29) is 12.2 Å². The van der Waals surface area contributed by atoms with E-state index in [0.29, 0.717) is 23.7 Å². The van der Waals surface area contributed by atoms with Crippen molar-refractivity contribution < 1.29 is 27.4 Å². The van der Waals surface area contributed by atoms with Gasteiger partial charge in [0.15, 0.2) is 11.5 Å². The number of amides is 1. The molecule has 0 radical (unpaired) electrons. The van der Waals surface area contributed by atoms with Crippen molar-refractivity contribution in [3.63, 3.8) is 0 Å². The van der Waals surface area contributed by atoms with Gasteiger partial charge in [0, 0.05) is 5.69 Å². The lowest BCUT2D eigenvalue weighted by molar-refractivity contribution is -0.137. The van der Waals surface area contributed by atoms with E-state index in [1.807, 2.05) is 6.92 Å². The van der Waals surface area contributed by atoms with Crippen molar-refractivity contribution in [1.29, 1.82) is 0 Å². The molecule has 1 amide bonds. The topological polar surface area (TPSA) is 72.0 Å². The Morgan fingerprint density at radius 1 is 1.28 bits per heavy atom. The zero-order valence-electron chi connectivity index (χ0n) is 15.6. The van der Waals surface area contributed by atoms with E-state index in [2.05, 4.69) is 38.4 Å². The number of halogens is 4. The van der Waals surface area contributed by atoms with Crippen LogP contribution in [0.1, 0.15) is 18.1 Å². The quantitative estimate of drug-likeness (QED) is 0.309. The summed E-state index contributed by atoms with van der Waals surface area (Å²) in [6.45, 7) is 2.08. The van der Waals surface area contributed by atoms with Crippen molar-refractivity contribution in [3.8, 4) is 11.5 Å². The second kappa shape index (κ2) is 10.3. The second-order valence-electron chi connectivity index (χ2n) is 5.69. The van der Waals surface area contributed by atoms with Crippen LogP contribution in [0, 0.1) is 3.57 Å². The first-order chi connectivity index (χ1) is 13.7. The average Bonchev–Trinajstić information content (AvgIpc) is 2.66. The van der Waals surface area contributed by atoms with Gasteiger partial charge in [-0.05, 0) is 65.4 Å². The lowest BCUT2D eigenvalue weighted by Gasteiger charge is -2.12. The first-order valence-corrected chi connectivity index (χ1v) is 9.55. The standard InChI is InChI=1S/C19H19F3IN3O3/c1-3-29-16-8-12(7-15(23)18(16)28-2)10-25-26-17(27)11-24-14-6-4-5-13(9-14)19(20,21)22/h4-10,24H,3,11H2,1-2H3,(H,26,27)/b25-10-. The van der Waals surface area contributed by atoms with Crippen LogP contribution in [0.25, 0.3) is 0 Å². The predicted molar refractivity (Wildman–Crippen MR) is 113 cm³/mol. The normalized spacial score (nSPS) is 11.4. The zero-order chi connectivity index (χ0) is 21.4. The van der Waals surface area contributed by atoms with Gasteiger partial charge >= 0.3 is 6.18 Å². The molecule has 0 saturated heterocycles. The van der Waals surface area contributed by atoms with Gasteiger partial charge in [-0.2, -0.15) is 18.3 Å². The molecule has 0 heterocycles. The molecule has 0 aromatic heterocycles. The van der Waals surface area contributed by atoms with E-state index < -0.39 is 17.6 Å². The molecule has 10 heteroatoms. The molecule has 6 nitrogen and oxygen atoms in total. The van der Waals surface area contributed by atoms with Crippen LogP contribution in [0.2, 0.25) is 0 Å². The van der Waals surface area contributed by atoms with Gasteiger partial charge in [-0.3, -0.25) is 4.79 Å². The fourth-order valence-corrected chi connectivity index (χ4v) is 3.18. The third-order valence-corrected chi connectivity index (χ3v) is 4.38. The van der Waals surface area contributed by atoms with Crippen molar-refractivity contribution in [2.45, 2.75) is 13.1 Å². The molecular weight excluding hydrogens is 502 g/mol. The number of carbonyl (C=O) groups excluding carboxylic acids is 1. The highest BCUT2D eigenvalue weighted by atomic mass is 127. The molecule has 2 aromatic rings. The van der Waals surface area contributed by atoms with Gasteiger partial charge in [-0.25, -0.2) is 5.43 Å². The number of anilines is 1. The maximum absolute atomic E-state index is 12.7.